The van der Waals surface area contributed by atoms with E-state index in [4.69, 9.17) is 9.26 Å². The fraction of sp³-hybridized carbons (Fsp3) is 0.552. The maximum atomic E-state index is 6.28. The highest BCUT2D eigenvalue weighted by molar-refractivity contribution is 5.86. The quantitative estimate of drug-likeness (QED) is 0.360. The van der Waals surface area contributed by atoms with Crippen LogP contribution < -0.4 is 4.74 Å². The largest absolute Gasteiger partial charge is 0.489 e. The van der Waals surface area contributed by atoms with Gasteiger partial charge in [-0.15, -0.1) is 0 Å². The summed E-state index contributed by atoms with van der Waals surface area (Å²) < 4.78 is 12.2. The predicted octanol–water partition coefficient (Wildman–Crippen LogP) is 6.16. The molecule has 2 aliphatic rings. The van der Waals surface area contributed by atoms with Crippen LogP contribution in [0.15, 0.2) is 47.0 Å². The third-order valence-electron chi connectivity index (χ3n) is 7.14. The molecule has 2 heterocycles. The topological polar surface area (TPSA) is 41.7 Å². The normalized spacial score (nSPS) is 17.3. The lowest BCUT2D eigenvalue weighted by Gasteiger charge is -2.31. The number of hydrogen-bond acceptors (Lipinski definition) is 5. The van der Waals surface area contributed by atoms with Crippen molar-refractivity contribution in [3.63, 3.8) is 0 Å². The number of fused-ring (bicyclic) bond motifs is 1. The second kappa shape index (κ2) is 11.4. The van der Waals surface area contributed by atoms with Crippen molar-refractivity contribution >= 4 is 11.0 Å². The molecule has 184 valence electrons. The average Bonchev–Trinajstić information content (AvgIpc) is 3.56. The van der Waals surface area contributed by atoms with Crippen molar-refractivity contribution in [3.05, 3.63) is 59.3 Å². The molecule has 1 aliphatic carbocycles. The zero-order valence-electron chi connectivity index (χ0n) is 20.1. The van der Waals surface area contributed by atoms with Gasteiger partial charge in [0, 0.05) is 24.0 Å². The summed E-state index contributed by atoms with van der Waals surface area (Å²) in [5, 5.41) is 5.62. The van der Waals surface area contributed by atoms with Crippen LogP contribution in [0.5, 0.6) is 5.75 Å². The first-order valence-corrected chi connectivity index (χ1v) is 12.6. The molecular weight excluding hydrogens is 422 g/mol. The van der Waals surface area contributed by atoms with Gasteiger partial charge < -0.3 is 14.2 Å². The Hall–Kier alpha value is -2.37. The second-order valence-electron chi connectivity index (χ2n) is 10.3. The number of hydrogen-bond donors (Lipinski definition) is 0. The Labute approximate surface area is 205 Å². The number of ether oxygens (including phenoxy) is 1. The maximum Gasteiger partial charge on any atom is 0.209 e. The molecule has 2 fully saturated rings. The van der Waals surface area contributed by atoms with Gasteiger partial charge in [-0.1, -0.05) is 49.0 Å². The summed E-state index contributed by atoms with van der Waals surface area (Å²) in [6.45, 7) is 5.07. The first kappa shape index (κ1) is 24.7. The fourth-order valence-corrected chi connectivity index (χ4v) is 4.98. The summed E-state index contributed by atoms with van der Waals surface area (Å²) >= 11 is 0. The van der Waals surface area contributed by atoms with Gasteiger partial charge in [0.15, 0.2) is 5.75 Å². The zero-order chi connectivity index (χ0) is 22.6. The number of piperidine rings is 1. The maximum absolute atomic E-state index is 6.28. The number of aromatic nitrogens is 1. The van der Waals surface area contributed by atoms with E-state index >= 15 is 0 Å². The van der Waals surface area contributed by atoms with Crippen LogP contribution in [0.25, 0.3) is 11.0 Å². The minimum atomic E-state index is 0. The molecule has 0 radical (unpaired) electrons. The Morgan fingerprint density at radius 1 is 1.00 bits per heavy atom. The van der Waals surface area contributed by atoms with Crippen molar-refractivity contribution in [1.82, 2.24) is 15.0 Å². The van der Waals surface area contributed by atoms with Crippen LogP contribution in [0.3, 0.4) is 0 Å². The van der Waals surface area contributed by atoms with Crippen LogP contribution in [-0.4, -0.2) is 48.7 Å². The lowest BCUT2D eigenvalue weighted by atomic mass is 9.91. The molecular formula is C29H41N3O2. The Kier molecular flexibility index (Phi) is 8.28. The summed E-state index contributed by atoms with van der Waals surface area (Å²) in [7, 11) is 4.18. The molecule has 1 saturated heterocycles. The van der Waals surface area contributed by atoms with Crippen LogP contribution in [0.4, 0.5) is 0 Å². The van der Waals surface area contributed by atoms with Gasteiger partial charge in [-0.25, -0.2) is 0 Å². The van der Waals surface area contributed by atoms with Gasteiger partial charge in [0.05, 0.1) is 12.3 Å². The van der Waals surface area contributed by atoms with Crippen molar-refractivity contribution < 1.29 is 9.26 Å². The number of nitrogens with zero attached hydrogens (tertiary/aromatic N) is 3. The minimum Gasteiger partial charge on any atom is -0.489 e. The molecule has 2 aromatic carbocycles. The molecule has 0 atom stereocenters. The summed E-state index contributed by atoms with van der Waals surface area (Å²) in [5.74, 6) is 2.38. The van der Waals surface area contributed by atoms with E-state index < -0.39 is 0 Å². The summed E-state index contributed by atoms with van der Waals surface area (Å²) in [6, 6.07) is 15.2. The number of likely N-dealkylation sites (tertiary alicyclic amines) is 1. The molecule has 1 aromatic heterocycles. The Balaban J connectivity index is 0.00000274. The van der Waals surface area contributed by atoms with Gasteiger partial charge in [0.1, 0.15) is 0 Å². The fourth-order valence-electron chi connectivity index (χ4n) is 4.98. The van der Waals surface area contributed by atoms with Crippen molar-refractivity contribution in [2.75, 3.05) is 33.8 Å². The number of benzene rings is 2. The van der Waals surface area contributed by atoms with Gasteiger partial charge in [-0.2, -0.15) is 0 Å². The highest BCUT2D eigenvalue weighted by Crippen LogP contribution is 2.36. The van der Waals surface area contributed by atoms with Crippen molar-refractivity contribution in [2.24, 2.45) is 11.8 Å². The Morgan fingerprint density at radius 3 is 2.47 bits per heavy atom. The van der Waals surface area contributed by atoms with E-state index in [9.17, 15) is 0 Å². The van der Waals surface area contributed by atoms with Crippen LogP contribution in [0.2, 0.25) is 0 Å². The first-order chi connectivity index (χ1) is 16.2. The molecule has 34 heavy (non-hydrogen) atoms. The Morgan fingerprint density at radius 2 is 1.76 bits per heavy atom. The van der Waals surface area contributed by atoms with Gasteiger partial charge in [0.25, 0.3) is 0 Å². The molecule has 0 unspecified atom stereocenters. The molecule has 5 rings (SSSR count). The molecule has 5 heteroatoms. The Bertz CT molecular complexity index is 1030. The van der Waals surface area contributed by atoms with Gasteiger partial charge in [0.2, 0.25) is 5.58 Å². The third kappa shape index (κ3) is 6.19. The molecule has 0 amide bonds. The average molecular weight is 464 g/mol. The first-order valence-electron chi connectivity index (χ1n) is 12.6. The molecule has 0 N–H and O–H groups in total. The number of aryl methyl sites for hydroxylation is 1. The van der Waals surface area contributed by atoms with Crippen molar-refractivity contribution in [2.45, 2.75) is 59.0 Å². The van der Waals surface area contributed by atoms with Crippen LogP contribution in [-0.2, 0) is 19.5 Å². The predicted molar refractivity (Wildman–Crippen MR) is 139 cm³/mol. The van der Waals surface area contributed by atoms with Crippen molar-refractivity contribution in [3.8, 4) is 5.75 Å². The van der Waals surface area contributed by atoms with Crippen molar-refractivity contribution in [1.29, 1.82) is 0 Å². The molecule has 5 nitrogen and oxygen atoms in total. The van der Waals surface area contributed by atoms with E-state index in [1.807, 2.05) is 0 Å². The van der Waals surface area contributed by atoms with E-state index in [0.717, 1.165) is 54.4 Å². The third-order valence-corrected chi connectivity index (χ3v) is 7.14. The van der Waals surface area contributed by atoms with E-state index in [1.54, 1.807) is 0 Å². The van der Waals surface area contributed by atoms with E-state index in [1.165, 1.54) is 56.3 Å². The molecule has 0 spiro atoms. The summed E-state index contributed by atoms with van der Waals surface area (Å²) in [5.41, 5.74) is 4.52. The van der Waals surface area contributed by atoms with E-state index in [2.05, 4.69) is 71.5 Å². The minimum absolute atomic E-state index is 0. The lowest BCUT2D eigenvalue weighted by Crippen LogP contribution is -2.33. The summed E-state index contributed by atoms with van der Waals surface area (Å²) in [6.07, 6.45) is 7.26. The van der Waals surface area contributed by atoms with E-state index in [-0.39, 0.29) is 7.43 Å². The van der Waals surface area contributed by atoms with Gasteiger partial charge in [-0.05, 0) is 89.2 Å². The lowest BCUT2D eigenvalue weighted by molar-refractivity contribution is 0.172. The van der Waals surface area contributed by atoms with Gasteiger partial charge >= 0.3 is 0 Å². The molecule has 0 bridgehead atoms. The van der Waals surface area contributed by atoms with Crippen LogP contribution >= 0.6 is 0 Å². The molecule has 1 saturated carbocycles. The highest BCUT2D eigenvalue weighted by atomic mass is 16.5. The summed E-state index contributed by atoms with van der Waals surface area (Å²) in [4.78, 5) is 4.76. The van der Waals surface area contributed by atoms with E-state index in [0.29, 0.717) is 5.92 Å². The molecule has 3 aromatic rings. The monoisotopic (exact) mass is 463 g/mol. The standard InChI is InChI=1S/C28H37N3O2.CH4/c1-30(2)19-24-11-12-25-26(29-33-28(25)27(24)32-20-23-8-9-23)13-10-21-14-16-31(17-15-21)18-22-6-4-3-5-7-22;/h3-7,11-12,21,23H,8-10,13-20H2,1-2H3;1H4. The zero-order valence-corrected chi connectivity index (χ0v) is 20.1. The smallest absolute Gasteiger partial charge is 0.209 e. The van der Waals surface area contributed by atoms with Crippen LogP contribution in [0, 0.1) is 11.8 Å². The highest BCUT2D eigenvalue weighted by Gasteiger charge is 2.25. The molecule has 1 aliphatic heterocycles. The van der Waals surface area contributed by atoms with Gasteiger partial charge in [-0.3, -0.25) is 4.90 Å². The SMILES string of the molecule is C.CN(C)Cc1ccc2c(CCC3CCN(Cc4ccccc4)CC3)noc2c1OCC1CC1. The number of rotatable bonds is 10. The second-order valence-corrected chi connectivity index (χ2v) is 10.3. The van der Waals surface area contributed by atoms with Crippen LogP contribution in [0.1, 0.15) is 56.4 Å².